The normalized spacial score (nSPS) is 14.2. The average Bonchev–Trinajstić information content (AvgIpc) is 2.64. The van der Waals surface area contributed by atoms with Gasteiger partial charge in [0.2, 0.25) is 0 Å². The molecule has 3 heterocycles. The molecule has 6 heteroatoms. The van der Waals surface area contributed by atoms with Crippen molar-refractivity contribution in [2.75, 3.05) is 12.3 Å². The summed E-state index contributed by atoms with van der Waals surface area (Å²) in [7, 11) is 0. The van der Waals surface area contributed by atoms with Gasteiger partial charge in [-0.05, 0) is 42.8 Å². The van der Waals surface area contributed by atoms with Crippen LogP contribution in [0.4, 0.5) is 5.69 Å². The molecular formula is C20H20ClN5. The predicted octanol–water partition coefficient (Wildman–Crippen LogP) is 3.64. The number of nitrogens with zero attached hydrogens (tertiary/aromatic N) is 4. The van der Waals surface area contributed by atoms with Gasteiger partial charge >= 0.3 is 0 Å². The lowest BCUT2D eigenvalue weighted by Crippen LogP contribution is -2.31. The van der Waals surface area contributed by atoms with Gasteiger partial charge in [0.05, 0.1) is 5.69 Å². The summed E-state index contributed by atoms with van der Waals surface area (Å²) >= 11 is 5.95. The number of anilines is 1. The second-order valence-electron chi connectivity index (χ2n) is 6.63. The van der Waals surface area contributed by atoms with Crippen LogP contribution in [0.2, 0.25) is 5.15 Å². The van der Waals surface area contributed by atoms with Gasteiger partial charge in [0.1, 0.15) is 5.15 Å². The van der Waals surface area contributed by atoms with E-state index in [1.165, 1.54) is 11.1 Å². The van der Waals surface area contributed by atoms with E-state index in [4.69, 9.17) is 22.3 Å². The van der Waals surface area contributed by atoms with Crippen molar-refractivity contribution in [2.24, 2.45) is 0 Å². The van der Waals surface area contributed by atoms with Gasteiger partial charge < -0.3 is 5.73 Å². The summed E-state index contributed by atoms with van der Waals surface area (Å²) in [5.74, 6) is 0.759. The van der Waals surface area contributed by atoms with Gasteiger partial charge in [-0.2, -0.15) is 0 Å². The van der Waals surface area contributed by atoms with Crippen LogP contribution < -0.4 is 5.73 Å². The highest BCUT2D eigenvalue weighted by atomic mass is 35.5. The van der Waals surface area contributed by atoms with Crippen LogP contribution in [-0.2, 0) is 19.5 Å². The van der Waals surface area contributed by atoms with Crippen LogP contribution in [0.25, 0.3) is 11.4 Å². The molecule has 0 amide bonds. The molecule has 3 aromatic rings. The molecule has 4 rings (SSSR count). The number of hydrogen-bond acceptors (Lipinski definition) is 5. The third-order valence-corrected chi connectivity index (χ3v) is 4.95. The van der Waals surface area contributed by atoms with E-state index in [-0.39, 0.29) is 0 Å². The molecule has 2 N–H and O–H groups in total. The third-order valence-electron chi connectivity index (χ3n) is 4.74. The number of halogens is 1. The molecule has 0 atom stereocenters. The molecule has 0 saturated carbocycles. The largest absolute Gasteiger partial charge is 0.399 e. The Bertz CT molecular complexity index is 939. The first-order chi connectivity index (χ1) is 12.6. The first-order valence-electron chi connectivity index (χ1n) is 8.63. The van der Waals surface area contributed by atoms with Crippen molar-refractivity contribution in [3.63, 3.8) is 0 Å². The van der Waals surface area contributed by atoms with Crippen LogP contribution >= 0.6 is 11.6 Å². The minimum Gasteiger partial charge on any atom is -0.399 e. The number of aromatic nitrogens is 3. The highest BCUT2D eigenvalue weighted by Crippen LogP contribution is 2.23. The number of pyridine rings is 1. The Morgan fingerprint density at radius 3 is 2.69 bits per heavy atom. The SMILES string of the molecule is Cc1nc(Cl)ccc1CN1CCc2nc(-c3ccc(N)cc3)ncc2C1. The molecule has 1 aliphatic rings. The Kier molecular flexibility index (Phi) is 4.57. The van der Waals surface area contributed by atoms with Crippen molar-refractivity contribution in [1.29, 1.82) is 0 Å². The lowest BCUT2D eigenvalue weighted by atomic mass is 10.1. The maximum Gasteiger partial charge on any atom is 0.159 e. The molecule has 0 fully saturated rings. The zero-order valence-electron chi connectivity index (χ0n) is 14.6. The number of nitrogens with two attached hydrogens (primary N) is 1. The van der Waals surface area contributed by atoms with Gasteiger partial charge in [-0.3, -0.25) is 4.90 Å². The summed E-state index contributed by atoms with van der Waals surface area (Å²) in [5.41, 5.74) is 12.0. The Morgan fingerprint density at radius 2 is 1.92 bits per heavy atom. The maximum absolute atomic E-state index is 5.95. The average molecular weight is 366 g/mol. The molecule has 0 bridgehead atoms. The molecule has 26 heavy (non-hydrogen) atoms. The molecule has 132 valence electrons. The number of fused-ring (bicyclic) bond motifs is 1. The summed E-state index contributed by atoms with van der Waals surface area (Å²) in [5, 5.41) is 0.541. The number of hydrogen-bond donors (Lipinski definition) is 1. The van der Waals surface area contributed by atoms with Crippen LogP contribution in [0.5, 0.6) is 0 Å². The molecule has 0 spiro atoms. The van der Waals surface area contributed by atoms with Crippen molar-refractivity contribution < 1.29 is 0 Å². The van der Waals surface area contributed by atoms with Crippen molar-refractivity contribution in [2.45, 2.75) is 26.4 Å². The van der Waals surface area contributed by atoms with Crippen molar-refractivity contribution in [1.82, 2.24) is 19.9 Å². The first kappa shape index (κ1) is 16.9. The highest BCUT2D eigenvalue weighted by Gasteiger charge is 2.19. The molecule has 0 aliphatic carbocycles. The Morgan fingerprint density at radius 1 is 1.12 bits per heavy atom. The van der Waals surface area contributed by atoms with Crippen LogP contribution in [0, 0.1) is 6.92 Å². The van der Waals surface area contributed by atoms with Crippen LogP contribution in [0.15, 0.2) is 42.6 Å². The fourth-order valence-electron chi connectivity index (χ4n) is 3.25. The highest BCUT2D eigenvalue weighted by molar-refractivity contribution is 6.29. The fraction of sp³-hybridized carbons (Fsp3) is 0.250. The van der Waals surface area contributed by atoms with Crippen LogP contribution in [0.1, 0.15) is 22.5 Å². The quantitative estimate of drug-likeness (QED) is 0.567. The van der Waals surface area contributed by atoms with E-state index < -0.39 is 0 Å². The molecule has 5 nitrogen and oxygen atoms in total. The standard InChI is InChI=1S/C20H20ClN5/c1-13-15(4-7-19(21)24-13)11-26-9-8-18-16(12-26)10-23-20(25-18)14-2-5-17(22)6-3-14/h2-7,10H,8-9,11-12,22H2,1H3. The van der Waals surface area contributed by atoms with Crippen molar-refractivity contribution >= 4 is 17.3 Å². The van der Waals surface area contributed by atoms with Crippen LogP contribution in [-0.4, -0.2) is 26.4 Å². The minimum atomic E-state index is 0.541. The van der Waals surface area contributed by atoms with E-state index in [0.717, 1.165) is 54.5 Å². The predicted molar refractivity (Wildman–Crippen MR) is 104 cm³/mol. The number of aryl methyl sites for hydroxylation is 1. The van der Waals surface area contributed by atoms with Crippen molar-refractivity contribution in [3.8, 4) is 11.4 Å². The zero-order chi connectivity index (χ0) is 18.1. The van der Waals surface area contributed by atoms with E-state index in [1.807, 2.05) is 43.5 Å². The summed E-state index contributed by atoms with van der Waals surface area (Å²) in [4.78, 5) is 16.1. The molecule has 0 unspecified atom stereocenters. The van der Waals surface area contributed by atoms with Gasteiger partial charge in [-0.25, -0.2) is 15.0 Å². The maximum atomic E-state index is 5.95. The molecule has 1 aliphatic heterocycles. The first-order valence-corrected chi connectivity index (χ1v) is 9.01. The van der Waals surface area contributed by atoms with Gasteiger partial charge in [0, 0.05) is 54.8 Å². The van der Waals surface area contributed by atoms with Crippen LogP contribution in [0.3, 0.4) is 0 Å². The molecule has 2 aromatic heterocycles. The smallest absolute Gasteiger partial charge is 0.159 e. The number of nitrogen functional groups attached to an aromatic ring is 1. The minimum absolute atomic E-state index is 0.541. The van der Waals surface area contributed by atoms with E-state index in [1.54, 1.807) is 0 Å². The zero-order valence-corrected chi connectivity index (χ0v) is 15.4. The molecular weight excluding hydrogens is 346 g/mol. The molecule has 0 saturated heterocycles. The van der Waals surface area contributed by atoms with Gasteiger partial charge in [0.25, 0.3) is 0 Å². The lowest BCUT2D eigenvalue weighted by molar-refractivity contribution is 0.242. The van der Waals surface area contributed by atoms with E-state index >= 15 is 0 Å². The van der Waals surface area contributed by atoms with Gasteiger partial charge in [-0.1, -0.05) is 17.7 Å². The topological polar surface area (TPSA) is 67.9 Å². The van der Waals surface area contributed by atoms with Gasteiger partial charge in [-0.15, -0.1) is 0 Å². The Labute approximate surface area is 157 Å². The monoisotopic (exact) mass is 365 g/mol. The summed E-state index contributed by atoms with van der Waals surface area (Å²) < 4.78 is 0. The van der Waals surface area contributed by atoms with Crippen molar-refractivity contribution in [3.05, 3.63) is 70.3 Å². The second-order valence-corrected chi connectivity index (χ2v) is 7.01. The Balaban J connectivity index is 1.51. The van der Waals surface area contributed by atoms with E-state index in [9.17, 15) is 0 Å². The number of rotatable bonds is 3. The summed E-state index contributed by atoms with van der Waals surface area (Å²) in [6.07, 6.45) is 2.87. The Hall–Kier alpha value is -2.50. The van der Waals surface area contributed by atoms with Gasteiger partial charge in [0.15, 0.2) is 5.82 Å². The fourth-order valence-corrected chi connectivity index (χ4v) is 3.44. The number of benzene rings is 1. The summed E-state index contributed by atoms with van der Waals surface area (Å²) in [6.45, 7) is 4.67. The lowest BCUT2D eigenvalue weighted by Gasteiger charge is -2.28. The van der Waals surface area contributed by atoms with E-state index in [0.29, 0.717) is 5.15 Å². The molecule has 1 aromatic carbocycles. The summed E-state index contributed by atoms with van der Waals surface area (Å²) in [6, 6.07) is 11.6. The third kappa shape index (κ3) is 3.54. The van der Waals surface area contributed by atoms with E-state index in [2.05, 4.69) is 20.9 Å². The second kappa shape index (κ2) is 7.02. The molecule has 0 radical (unpaired) electrons.